The van der Waals surface area contributed by atoms with E-state index in [1.165, 1.54) is 23.1 Å². The van der Waals surface area contributed by atoms with Crippen molar-refractivity contribution in [2.75, 3.05) is 20.1 Å². The maximum Gasteiger partial charge on any atom is 0.193 e. The molecule has 2 aromatic carbocycles. The Morgan fingerprint density at radius 1 is 1.07 bits per heavy atom. The van der Waals surface area contributed by atoms with Crippen molar-refractivity contribution in [2.24, 2.45) is 4.99 Å². The van der Waals surface area contributed by atoms with Gasteiger partial charge in [-0.1, -0.05) is 54.6 Å². The summed E-state index contributed by atoms with van der Waals surface area (Å²) >= 11 is 0. The molecule has 0 radical (unpaired) electrons. The second-order valence-corrected chi connectivity index (χ2v) is 7.22. The van der Waals surface area contributed by atoms with Gasteiger partial charge in [0.25, 0.3) is 0 Å². The third kappa shape index (κ3) is 4.25. The molecule has 1 atom stereocenters. The molecule has 2 heterocycles. The van der Waals surface area contributed by atoms with Crippen molar-refractivity contribution in [3.63, 3.8) is 0 Å². The standard InChI is InChI=1S/C23H27N5/c1-24-23(27-15-12-22(17-27)19-8-3-2-4-9-19)25-16-20-10-5-6-11-21(20)18-28-14-7-13-26-28/h2-11,13-14,22H,12,15-18H2,1H3,(H,24,25). The molecule has 0 aliphatic carbocycles. The van der Waals surface area contributed by atoms with Crippen molar-refractivity contribution in [1.29, 1.82) is 0 Å². The van der Waals surface area contributed by atoms with Gasteiger partial charge in [0.1, 0.15) is 0 Å². The van der Waals surface area contributed by atoms with Gasteiger partial charge in [0.15, 0.2) is 5.96 Å². The Morgan fingerprint density at radius 3 is 2.61 bits per heavy atom. The van der Waals surface area contributed by atoms with Gasteiger partial charge in [-0.05, 0) is 29.2 Å². The summed E-state index contributed by atoms with van der Waals surface area (Å²) in [6.07, 6.45) is 4.98. The Labute approximate surface area is 166 Å². The molecule has 5 heteroatoms. The predicted octanol–water partition coefficient (Wildman–Crippen LogP) is 3.50. The molecule has 1 N–H and O–H groups in total. The summed E-state index contributed by atoms with van der Waals surface area (Å²) in [7, 11) is 1.87. The zero-order valence-corrected chi connectivity index (χ0v) is 16.3. The summed E-state index contributed by atoms with van der Waals surface area (Å²) in [5.41, 5.74) is 3.97. The molecule has 1 unspecified atom stereocenters. The molecule has 3 aromatic rings. The number of benzene rings is 2. The van der Waals surface area contributed by atoms with Crippen LogP contribution in [-0.4, -0.2) is 40.8 Å². The van der Waals surface area contributed by atoms with E-state index in [-0.39, 0.29) is 0 Å². The first-order chi connectivity index (χ1) is 13.8. The van der Waals surface area contributed by atoms with Gasteiger partial charge >= 0.3 is 0 Å². The number of aromatic nitrogens is 2. The van der Waals surface area contributed by atoms with Crippen LogP contribution in [0.15, 0.2) is 78.0 Å². The van der Waals surface area contributed by atoms with E-state index in [0.717, 1.165) is 32.1 Å². The molecule has 5 nitrogen and oxygen atoms in total. The van der Waals surface area contributed by atoms with Crippen LogP contribution in [0.2, 0.25) is 0 Å². The summed E-state index contributed by atoms with van der Waals surface area (Å²) in [6, 6.07) is 21.3. The highest BCUT2D eigenvalue weighted by atomic mass is 15.3. The molecule has 1 aliphatic rings. The lowest BCUT2D eigenvalue weighted by Crippen LogP contribution is -2.39. The summed E-state index contributed by atoms with van der Waals surface area (Å²) in [6.45, 7) is 3.59. The first-order valence-electron chi connectivity index (χ1n) is 9.88. The lowest BCUT2D eigenvalue weighted by Gasteiger charge is -2.22. The number of aliphatic imine (C=N–C) groups is 1. The minimum absolute atomic E-state index is 0.576. The fraction of sp³-hybridized carbons (Fsp3) is 0.304. The van der Waals surface area contributed by atoms with Crippen molar-refractivity contribution >= 4 is 5.96 Å². The van der Waals surface area contributed by atoms with Crippen molar-refractivity contribution in [3.05, 3.63) is 89.7 Å². The predicted molar refractivity (Wildman–Crippen MR) is 113 cm³/mol. The number of rotatable bonds is 5. The van der Waals surface area contributed by atoms with Crippen molar-refractivity contribution in [1.82, 2.24) is 20.0 Å². The maximum atomic E-state index is 4.53. The SMILES string of the molecule is CN=C(NCc1ccccc1Cn1cccn1)N1CCC(c2ccccc2)C1. The second kappa shape index (κ2) is 8.74. The van der Waals surface area contributed by atoms with Gasteiger partial charge in [-0.25, -0.2) is 0 Å². The van der Waals surface area contributed by atoms with E-state index in [1.54, 1.807) is 0 Å². The smallest absolute Gasteiger partial charge is 0.193 e. The molecule has 28 heavy (non-hydrogen) atoms. The molecular formula is C23H27N5. The van der Waals surface area contributed by atoms with Gasteiger partial charge in [-0.2, -0.15) is 5.10 Å². The van der Waals surface area contributed by atoms with Crippen molar-refractivity contribution < 1.29 is 0 Å². The van der Waals surface area contributed by atoms with Crippen LogP contribution in [0.4, 0.5) is 0 Å². The topological polar surface area (TPSA) is 45.5 Å². The van der Waals surface area contributed by atoms with E-state index >= 15 is 0 Å². The Bertz CT molecular complexity index is 902. The van der Waals surface area contributed by atoms with Crippen molar-refractivity contribution in [2.45, 2.75) is 25.4 Å². The Balaban J connectivity index is 1.39. The Morgan fingerprint density at radius 2 is 1.86 bits per heavy atom. The number of hydrogen-bond acceptors (Lipinski definition) is 2. The van der Waals surface area contributed by atoms with Crippen LogP contribution in [-0.2, 0) is 13.1 Å². The van der Waals surface area contributed by atoms with E-state index in [9.17, 15) is 0 Å². The molecule has 1 aliphatic heterocycles. The zero-order chi connectivity index (χ0) is 19.2. The minimum Gasteiger partial charge on any atom is -0.352 e. The molecule has 4 rings (SSSR count). The maximum absolute atomic E-state index is 4.53. The number of guanidine groups is 1. The molecule has 0 spiro atoms. The quantitative estimate of drug-likeness (QED) is 0.550. The van der Waals surface area contributed by atoms with Gasteiger partial charge in [0.05, 0.1) is 6.54 Å². The lowest BCUT2D eigenvalue weighted by molar-refractivity contribution is 0.485. The summed E-state index contributed by atoms with van der Waals surface area (Å²) in [4.78, 5) is 6.90. The molecule has 0 saturated carbocycles. The minimum atomic E-state index is 0.576. The number of likely N-dealkylation sites (tertiary alicyclic amines) is 1. The first-order valence-corrected chi connectivity index (χ1v) is 9.88. The Hall–Kier alpha value is -3.08. The number of nitrogens with one attached hydrogen (secondary N) is 1. The molecule has 0 amide bonds. The van der Waals surface area contributed by atoms with Gasteiger partial charge in [-0.3, -0.25) is 9.67 Å². The highest BCUT2D eigenvalue weighted by Crippen LogP contribution is 2.26. The average molecular weight is 374 g/mol. The normalized spacial score (nSPS) is 17.1. The van der Waals surface area contributed by atoms with Crippen LogP contribution in [0.1, 0.15) is 29.0 Å². The first kappa shape index (κ1) is 18.3. The van der Waals surface area contributed by atoms with Gasteiger partial charge in [0, 0.05) is 45.0 Å². The summed E-state index contributed by atoms with van der Waals surface area (Å²) in [5.74, 6) is 1.55. The zero-order valence-electron chi connectivity index (χ0n) is 16.3. The van der Waals surface area contributed by atoms with Crippen LogP contribution < -0.4 is 5.32 Å². The fourth-order valence-electron chi connectivity index (χ4n) is 3.91. The van der Waals surface area contributed by atoms with Gasteiger partial charge in [0.2, 0.25) is 0 Å². The largest absolute Gasteiger partial charge is 0.352 e. The number of nitrogens with zero attached hydrogens (tertiary/aromatic N) is 4. The molecule has 144 valence electrons. The molecule has 0 bridgehead atoms. The fourth-order valence-corrected chi connectivity index (χ4v) is 3.91. The van der Waals surface area contributed by atoms with Crippen LogP contribution >= 0.6 is 0 Å². The highest BCUT2D eigenvalue weighted by Gasteiger charge is 2.25. The second-order valence-electron chi connectivity index (χ2n) is 7.22. The highest BCUT2D eigenvalue weighted by molar-refractivity contribution is 5.80. The van der Waals surface area contributed by atoms with Gasteiger partial charge in [-0.15, -0.1) is 0 Å². The van der Waals surface area contributed by atoms with E-state index in [2.05, 4.69) is 74.9 Å². The summed E-state index contributed by atoms with van der Waals surface area (Å²) in [5, 5.41) is 7.89. The third-order valence-corrected chi connectivity index (χ3v) is 5.42. The monoisotopic (exact) mass is 373 g/mol. The number of hydrogen-bond donors (Lipinski definition) is 1. The molecular weight excluding hydrogens is 346 g/mol. The third-order valence-electron chi connectivity index (χ3n) is 5.42. The van der Waals surface area contributed by atoms with Crippen LogP contribution in [0, 0.1) is 0 Å². The van der Waals surface area contributed by atoms with Crippen LogP contribution in [0.5, 0.6) is 0 Å². The van der Waals surface area contributed by atoms with E-state index in [0.29, 0.717) is 5.92 Å². The van der Waals surface area contributed by atoms with E-state index in [1.807, 2.05) is 30.2 Å². The Kier molecular flexibility index (Phi) is 5.71. The molecule has 1 fully saturated rings. The van der Waals surface area contributed by atoms with Crippen LogP contribution in [0.3, 0.4) is 0 Å². The summed E-state index contributed by atoms with van der Waals surface area (Å²) < 4.78 is 1.96. The lowest BCUT2D eigenvalue weighted by atomic mass is 9.99. The molecule has 1 aromatic heterocycles. The van der Waals surface area contributed by atoms with Crippen molar-refractivity contribution in [3.8, 4) is 0 Å². The van der Waals surface area contributed by atoms with E-state index in [4.69, 9.17) is 0 Å². The van der Waals surface area contributed by atoms with Gasteiger partial charge < -0.3 is 10.2 Å². The average Bonchev–Trinajstić information content (AvgIpc) is 3.43. The van der Waals surface area contributed by atoms with E-state index < -0.39 is 0 Å². The molecule has 1 saturated heterocycles. The van der Waals surface area contributed by atoms with Crippen LogP contribution in [0.25, 0.3) is 0 Å².